The van der Waals surface area contributed by atoms with Gasteiger partial charge in [-0.1, -0.05) is 30.3 Å². The summed E-state index contributed by atoms with van der Waals surface area (Å²) in [6.07, 6.45) is 1.76. The molecule has 0 aliphatic carbocycles. The van der Waals surface area contributed by atoms with Gasteiger partial charge < -0.3 is 9.84 Å². The van der Waals surface area contributed by atoms with Crippen molar-refractivity contribution in [2.24, 2.45) is 0 Å². The molecule has 0 saturated carbocycles. The summed E-state index contributed by atoms with van der Waals surface area (Å²) >= 11 is 0. The first-order valence-electron chi connectivity index (χ1n) is 5.95. The first-order chi connectivity index (χ1) is 8.72. The molecule has 1 N–H and O–H groups in total. The molecule has 1 aromatic carbocycles. The van der Waals surface area contributed by atoms with E-state index in [1.807, 2.05) is 44.2 Å². The zero-order valence-electron chi connectivity index (χ0n) is 10.7. The van der Waals surface area contributed by atoms with Gasteiger partial charge in [-0.2, -0.15) is 0 Å². The third-order valence-corrected chi connectivity index (χ3v) is 2.91. The fraction of sp³-hybridized carbons (Fsp3) is 0.267. The predicted octanol–water partition coefficient (Wildman–Crippen LogP) is 2.77. The van der Waals surface area contributed by atoms with Crippen LogP contribution < -0.4 is 4.74 Å². The molecule has 1 aromatic heterocycles. The van der Waals surface area contributed by atoms with Crippen molar-refractivity contribution in [3.05, 3.63) is 58.9 Å². The molecule has 1 heterocycles. The summed E-state index contributed by atoms with van der Waals surface area (Å²) in [6, 6.07) is 9.95. The molecule has 0 aliphatic heterocycles. The van der Waals surface area contributed by atoms with E-state index in [9.17, 15) is 5.11 Å². The molecule has 2 aromatic rings. The number of aliphatic hydroxyl groups excluding tert-OH is 1. The summed E-state index contributed by atoms with van der Waals surface area (Å²) in [5.41, 5.74) is 3.67. The van der Waals surface area contributed by atoms with Crippen LogP contribution in [0, 0.1) is 13.8 Å². The molecule has 94 valence electrons. The van der Waals surface area contributed by atoms with Crippen molar-refractivity contribution in [1.82, 2.24) is 4.98 Å². The fourth-order valence-corrected chi connectivity index (χ4v) is 1.85. The normalized spacial score (nSPS) is 10.4. The summed E-state index contributed by atoms with van der Waals surface area (Å²) in [6.45, 7) is 4.27. The van der Waals surface area contributed by atoms with Gasteiger partial charge in [0.15, 0.2) is 0 Å². The van der Waals surface area contributed by atoms with Crippen LogP contribution in [0.15, 0.2) is 36.5 Å². The van der Waals surface area contributed by atoms with Crippen molar-refractivity contribution in [1.29, 1.82) is 0 Å². The van der Waals surface area contributed by atoms with Crippen LogP contribution >= 0.6 is 0 Å². The highest BCUT2D eigenvalue weighted by atomic mass is 16.5. The standard InChI is InChI=1S/C15H17NO2/c1-11-8-16-12(2)15(14(11)9-17)18-10-13-6-4-3-5-7-13/h3-8,17H,9-10H2,1-2H3. The molecule has 0 bridgehead atoms. The Morgan fingerprint density at radius 2 is 1.89 bits per heavy atom. The number of nitrogens with zero attached hydrogens (tertiary/aromatic N) is 1. The van der Waals surface area contributed by atoms with Crippen LogP contribution in [0.5, 0.6) is 5.75 Å². The number of aryl methyl sites for hydroxylation is 2. The highest BCUT2D eigenvalue weighted by molar-refractivity contribution is 5.41. The highest BCUT2D eigenvalue weighted by Gasteiger charge is 2.10. The Morgan fingerprint density at radius 3 is 2.56 bits per heavy atom. The minimum absolute atomic E-state index is 0.0285. The maximum Gasteiger partial charge on any atom is 0.146 e. The smallest absolute Gasteiger partial charge is 0.146 e. The van der Waals surface area contributed by atoms with Crippen LogP contribution in [-0.2, 0) is 13.2 Å². The Morgan fingerprint density at radius 1 is 1.17 bits per heavy atom. The van der Waals surface area contributed by atoms with Crippen molar-refractivity contribution in [2.75, 3.05) is 0 Å². The molecule has 0 unspecified atom stereocenters. The number of hydrogen-bond donors (Lipinski definition) is 1. The van der Waals surface area contributed by atoms with Gasteiger partial charge in [-0.15, -0.1) is 0 Å². The molecule has 3 nitrogen and oxygen atoms in total. The maximum atomic E-state index is 9.41. The number of aromatic nitrogens is 1. The van der Waals surface area contributed by atoms with Crippen molar-refractivity contribution < 1.29 is 9.84 Å². The highest BCUT2D eigenvalue weighted by Crippen LogP contribution is 2.25. The Kier molecular flexibility index (Phi) is 3.95. The van der Waals surface area contributed by atoms with E-state index in [0.29, 0.717) is 12.4 Å². The lowest BCUT2D eigenvalue weighted by Gasteiger charge is -2.14. The zero-order valence-corrected chi connectivity index (χ0v) is 10.7. The Labute approximate surface area is 107 Å². The average Bonchev–Trinajstić information content (AvgIpc) is 2.41. The molecule has 2 rings (SSSR count). The van der Waals surface area contributed by atoms with Gasteiger partial charge in [-0.05, 0) is 25.0 Å². The Bertz CT molecular complexity index is 524. The minimum atomic E-state index is -0.0285. The van der Waals surface area contributed by atoms with Crippen LogP contribution in [0.3, 0.4) is 0 Å². The molecule has 0 spiro atoms. The molecule has 0 aliphatic rings. The van der Waals surface area contributed by atoms with E-state index in [0.717, 1.165) is 22.4 Å². The second kappa shape index (κ2) is 5.65. The van der Waals surface area contributed by atoms with Crippen molar-refractivity contribution >= 4 is 0 Å². The van der Waals surface area contributed by atoms with Gasteiger partial charge in [-0.3, -0.25) is 4.98 Å². The summed E-state index contributed by atoms with van der Waals surface area (Å²) in [5.74, 6) is 0.696. The molecule has 0 atom stereocenters. The number of ether oxygens (including phenoxy) is 1. The van der Waals surface area contributed by atoms with E-state index < -0.39 is 0 Å². The largest absolute Gasteiger partial charge is 0.487 e. The number of hydrogen-bond acceptors (Lipinski definition) is 3. The van der Waals surface area contributed by atoms with Gasteiger partial charge in [0.1, 0.15) is 12.4 Å². The average molecular weight is 243 g/mol. The molecular formula is C15H17NO2. The molecule has 18 heavy (non-hydrogen) atoms. The number of rotatable bonds is 4. The van der Waals surface area contributed by atoms with Gasteiger partial charge in [0.25, 0.3) is 0 Å². The SMILES string of the molecule is Cc1cnc(C)c(OCc2ccccc2)c1CO. The molecule has 3 heteroatoms. The van der Waals surface area contributed by atoms with Gasteiger partial charge in [0.05, 0.1) is 12.3 Å². The van der Waals surface area contributed by atoms with Crippen LogP contribution in [0.2, 0.25) is 0 Å². The summed E-state index contributed by atoms with van der Waals surface area (Å²) in [4.78, 5) is 4.26. The van der Waals surface area contributed by atoms with Crippen LogP contribution in [0.1, 0.15) is 22.4 Å². The molecule has 0 amide bonds. The molecule has 0 radical (unpaired) electrons. The van der Waals surface area contributed by atoms with E-state index >= 15 is 0 Å². The van der Waals surface area contributed by atoms with Crippen molar-refractivity contribution in [2.45, 2.75) is 27.1 Å². The summed E-state index contributed by atoms with van der Waals surface area (Å²) < 4.78 is 5.80. The summed E-state index contributed by atoms with van der Waals surface area (Å²) in [7, 11) is 0. The zero-order chi connectivity index (χ0) is 13.0. The third-order valence-electron chi connectivity index (χ3n) is 2.91. The van der Waals surface area contributed by atoms with Gasteiger partial charge in [-0.25, -0.2) is 0 Å². The second-order valence-corrected chi connectivity index (χ2v) is 4.27. The number of benzene rings is 1. The lowest BCUT2D eigenvalue weighted by atomic mass is 10.1. The molecule has 0 saturated heterocycles. The second-order valence-electron chi connectivity index (χ2n) is 4.27. The topological polar surface area (TPSA) is 42.4 Å². The number of pyridine rings is 1. The quantitative estimate of drug-likeness (QED) is 0.897. The molecular weight excluding hydrogens is 226 g/mol. The van der Waals surface area contributed by atoms with Gasteiger partial charge >= 0.3 is 0 Å². The maximum absolute atomic E-state index is 9.41. The van der Waals surface area contributed by atoms with E-state index in [-0.39, 0.29) is 6.61 Å². The van der Waals surface area contributed by atoms with Crippen LogP contribution in [-0.4, -0.2) is 10.1 Å². The van der Waals surface area contributed by atoms with E-state index in [2.05, 4.69) is 4.98 Å². The number of aliphatic hydroxyl groups is 1. The van der Waals surface area contributed by atoms with Gasteiger partial charge in [0, 0.05) is 11.8 Å². The third kappa shape index (κ3) is 2.68. The van der Waals surface area contributed by atoms with Crippen molar-refractivity contribution in [3.8, 4) is 5.75 Å². The minimum Gasteiger partial charge on any atom is -0.487 e. The monoisotopic (exact) mass is 243 g/mol. The van der Waals surface area contributed by atoms with Crippen LogP contribution in [0.4, 0.5) is 0 Å². The van der Waals surface area contributed by atoms with Crippen LogP contribution in [0.25, 0.3) is 0 Å². The lowest BCUT2D eigenvalue weighted by molar-refractivity contribution is 0.256. The first kappa shape index (κ1) is 12.6. The van der Waals surface area contributed by atoms with Crippen molar-refractivity contribution in [3.63, 3.8) is 0 Å². The van der Waals surface area contributed by atoms with Gasteiger partial charge in [0.2, 0.25) is 0 Å². The molecule has 0 fully saturated rings. The lowest BCUT2D eigenvalue weighted by Crippen LogP contribution is -2.03. The summed E-state index contributed by atoms with van der Waals surface area (Å²) in [5, 5.41) is 9.41. The Balaban J connectivity index is 2.21. The predicted molar refractivity (Wildman–Crippen MR) is 70.4 cm³/mol. The van der Waals surface area contributed by atoms with E-state index in [4.69, 9.17) is 4.74 Å². The van der Waals surface area contributed by atoms with E-state index in [1.165, 1.54) is 0 Å². The Hall–Kier alpha value is -1.87. The first-order valence-corrected chi connectivity index (χ1v) is 5.95. The fourth-order valence-electron chi connectivity index (χ4n) is 1.85. The van der Waals surface area contributed by atoms with E-state index in [1.54, 1.807) is 6.20 Å².